The lowest BCUT2D eigenvalue weighted by Gasteiger charge is -2.28. The molecule has 0 spiro atoms. The summed E-state index contributed by atoms with van der Waals surface area (Å²) in [6.07, 6.45) is 3.05. The van der Waals surface area contributed by atoms with E-state index < -0.39 is 11.5 Å². The SMILES string of the molecule is COc1ccc(C2=CN=C[C@@]2(C)[C@@H](C)O)cc1OCc1ccccc1. The monoisotopic (exact) mass is 337 g/mol. The Morgan fingerprint density at radius 1 is 1.12 bits per heavy atom. The van der Waals surface area contributed by atoms with Crippen molar-refractivity contribution in [2.75, 3.05) is 7.11 Å². The summed E-state index contributed by atoms with van der Waals surface area (Å²) >= 11 is 0. The summed E-state index contributed by atoms with van der Waals surface area (Å²) < 4.78 is 11.4. The summed E-state index contributed by atoms with van der Waals surface area (Å²) in [4.78, 5) is 4.26. The summed E-state index contributed by atoms with van der Waals surface area (Å²) in [5.74, 6) is 1.35. The smallest absolute Gasteiger partial charge is 0.162 e. The van der Waals surface area contributed by atoms with Gasteiger partial charge in [-0.1, -0.05) is 36.4 Å². The minimum Gasteiger partial charge on any atom is -0.493 e. The van der Waals surface area contributed by atoms with Crippen LogP contribution in [0, 0.1) is 5.41 Å². The van der Waals surface area contributed by atoms with Gasteiger partial charge in [0.1, 0.15) is 6.61 Å². The molecule has 0 radical (unpaired) electrons. The third-order valence-electron chi connectivity index (χ3n) is 4.71. The Balaban J connectivity index is 1.88. The highest BCUT2D eigenvalue weighted by molar-refractivity contribution is 5.92. The molecule has 1 heterocycles. The van der Waals surface area contributed by atoms with Crippen LogP contribution in [0.2, 0.25) is 0 Å². The highest BCUT2D eigenvalue weighted by Gasteiger charge is 2.36. The van der Waals surface area contributed by atoms with Crippen LogP contribution >= 0.6 is 0 Å². The van der Waals surface area contributed by atoms with Gasteiger partial charge in [0.05, 0.1) is 18.6 Å². The molecule has 3 rings (SSSR count). The van der Waals surface area contributed by atoms with E-state index in [0.29, 0.717) is 18.1 Å². The average molecular weight is 337 g/mol. The molecule has 2 aromatic rings. The number of aliphatic imine (C=N–C) groups is 1. The van der Waals surface area contributed by atoms with E-state index in [-0.39, 0.29) is 0 Å². The Bertz CT molecular complexity index is 796. The van der Waals surface area contributed by atoms with E-state index in [0.717, 1.165) is 16.7 Å². The molecule has 0 unspecified atom stereocenters. The molecule has 130 valence electrons. The molecule has 4 heteroatoms. The first kappa shape index (κ1) is 17.2. The van der Waals surface area contributed by atoms with Crippen LogP contribution in [0.4, 0.5) is 0 Å². The van der Waals surface area contributed by atoms with Gasteiger partial charge in [0.2, 0.25) is 0 Å². The largest absolute Gasteiger partial charge is 0.493 e. The molecule has 0 aromatic heterocycles. The summed E-state index contributed by atoms with van der Waals surface area (Å²) in [6, 6.07) is 15.8. The minimum atomic E-state index is -0.541. The fraction of sp³-hybridized carbons (Fsp3) is 0.286. The predicted molar refractivity (Wildman–Crippen MR) is 100 cm³/mol. The lowest BCUT2D eigenvalue weighted by molar-refractivity contribution is 0.137. The van der Waals surface area contributed by atoms with E-state index >= 15 is 0 Å². The Labute approximate surface area is 148 Å². The molecule has 1 aliphatic heterocycles. The first-order chi connectivity index (χ1) is 12.0. The number of aliphatic hydroxyl groups excluding tert-OH is 1. The van der Waals surface area contributed by atoms with Crippen molar-refractivity contribution in [2.45, 2.75) is 26.6 Å². The van der Waals surface area contributed by atoms with Crippen molar-refractivity contribution >= 4 is 11.8 Å². The summed E-state index contributed by atoms with van der Waals surface area (Å²) in [7, 11) is 1.63. The molecule has 0 saturated carbocycles. The maximum Gasteiger partial charge on any atom is 0.162 e. The molecule has 0 amide bonds. The Kier molecular flexibility index (Phi) is 4.91. The fourth-order valence-corrected chi connectivity index (χ4v) is 2.89. The van der Waals surface area contributed by atoms with E-state index in [4.69, 9.17) is 9.47 Å². The molecule has 25 heavy (non-hydrogen) atoms. The lowest BCUT2D eigenvalue weighted by Crippen LogP contribution is -2.31. The number of aliphatic hydroxyl groups is 1. The standard InChI is InChI=1S/C21H23NO3/c1-15(23)21(2)14-22-12-18(21)17-9-10-19(24-3)20(11-17)25-13-16-7-5-4-6-8-16/h4-12,14-15,23H,13H2,1-3H3/t15-,21+/m1/s1. The van der Waals surface area contributed by atoms with Gasteiger partial charge in [0, 0.05) is 12.4 Å². The van der Waals surface area contributed by atoms with Crippen LogP contribution in [0.5, 0.6) is 11.5 Å². The van der Waals surface area contributed by atoms with Crippen LogP contribution in [0.1, 0.15) is 25.0 Å². The first-order valence-electron chi connectivity index (χ1n) is 8.33. The van der Waals surface area contributed by atoms with Crippen LogP contribution in [0.25, 0.3) is 5.57 Å². The van der Waals surface area contributed by atoms with Crippen LogP contribution in [-0.2, 0) is 6.61 Å². The van der Waals surface area contributed by atoms with Crippen molar-refractivity contribution in [3.05, 3.63) is 65.9 Å². The average Bonchev–Trinajstić information content (AvgIpc) is 3.04. The normalized spacial score (nSPS) is 20.2. The van der Waals surface area contributed by atoms with Gasteiger partial charge < -0.3 is 14.6 Å². The molecule has 0 saturated heterocycles. The van der Waals surface area contributed by atoms with E-state index in [9.17, 15) is 5.11 Å². The van der Waals surface area contributed by atoms with Crippen LogP contribution < -0.4 is 9.47 Å². The van der Waals surface area contributed by atoms with E-state index in [1.807, 2.05) is 55.5 Å². The van der Waals surface area contributed by atoms with Gasteiger partial charge in [0.15, 0.2) is 11.5 Å². The second-order valence-corrected chi connectivity index (χ2v) is 6.42. The van der Waals surface area contributed by atoms with E-state index in [2.05, 4.69) is 4.99 Å². The molecular weight excluding hydrogens is 314 g/mol. The van der Waals surface area contributed by atoms with Crippen molar-refractivity contribution < 1.29 is 14.6 Å². The number of hydrogen-bond acceptors (Lipinski definition) is 4. The molecular formula is C21H23NO3. The summed E-state index contributed by atoms with van der Waals surface area (Å²) in [5.41, 5.74) is 2.51. The van der Waals surface area contributed by atoms with Crippen molar-refractivity contribution in [3.8, 4) is 11.5 Å². The third-order valence-corrected chi connectivity index (χ3v) is 4.71. The van der Waals surface area contributed by atoms with Crippen LogP contribution in [0.15, 0.2) is 59.7 Å². The molecule has 0 aliphatic carbocycles. The zero-order valence-corrected chi connectivity index (χ0v) is 14.8. The highest BCUT2D eigenvalue weighted by Crippen LogP contribution is 2.42. The van der Waals surface area contributed by atoms with E-state index in [1.54, 1.807) is 26.4 Å². The minimum absolute atomic E-state index is 0.462. The number of ether oxygens (including phenoxy) is 2. The lowest BCUT2D eigenvalue weighted by atomic mass is 9.77. The Morgan fingerprint density at radius 2 is 1.88 bits per heavy atom. The van der Waals surface area contributed by atoms with Crippen molar-refractivity contribution in [3.63, 3.8) is 0 Å². The zero-order valence-electron chi connectivity index (χ0n) is 14.8. The molecule has 1 aliphatic rings. The Morgan fingerprint density at radius 3 is 2.56 bits per heavy atom. The number of rotatable bonds is 6. The highest BCUT2D eigenvalue weighted by atomic mass is 16.5. The second-order valence-electron chi connectivity index (χ2n) is 6.42. The van der Waals surface area contributed by atoms with Crippen LogP contribution in [0.3, 0.4) is 0 Å². The Hall–Kier alpha value is -2.59. The molecule has 0 fully saturated rings. The number of methoxy groups -OCH3 is 1. The first-order valence-corrected chi connectivity index (χ1v) is 8.33. The number of hydrogen-bond donors (Lipinski definition) is 1. The van der Waals surface area contributed by atoms with E-state index in [1.165, 1.54) is 0 Å². The third kappa shape index (κ3) is 3.44. The van der Waals surface area contributed by atoms with Gasteiger partial charge in [-0.05, 0) is 42.7 Å². The second kappa shape index (κ2) is 7.11. The molecule has 2 aromatic carbocycles. The topological polar surface area (TPSA) is 51.0 Å². The zero-order chi connectivity index (χ0) is 17.9. The maximum atomic E-state index is 10.2. The van der Waals surface area contributed by atoms with Gasteiger partial charge in [-0.3, -0.25) is 4.99 Å². The molecule has 0 bridgehead atoms. The van der Waals surface area contributed by atoms with Gasteiger partial charge in [0.25, 0.3) is 0 Å². The van der Waals surface area contributed by atoms with Crippen molar-refractivity contribution in [1.29, 1.82) is 0 Å². The maximum absolute atomic E-state index is 10.2. The number of nitrogens with zero attached hydrogens (tertiary/aromatic N) is 1. The fourth-order valence-electron chi connectivity index (χ4n) is 2.89. The van der Waals surface area contributed by atoms with Gasteiger partial charge >= 0.3 is 0 Å². The van der Waals surface area contributed by atoms with Crippen LogP contribution in [-0.4, -0.2) is 24.5 Å². The summed E-state index contributed by atoms with van der Waals surface area (Å²) in [5, 5.41) is 10.2. The quantitative estimate of drug-likeness (QED) is 0.864. The van der Waals surface area contributed by atoms with Gasteiger partial charge in [-0.25, -0.2) is 0 Å². The number of benzene rings is 2. The summed E-state index contributed by atoms with van der Waals surface area (Å²) in [6.45, 7) is 4.22. The predicted octanol–water partition coefficient (Wildman–Crippen LogP) is 4.09. The molecule has 1 N–H and O–H groups in total. The van der Waals surface area contributed by atoms with Gasteiger partial charge in [-0.15, -0.1) is 0 Å². The van der Waals surface area contributed by atoms with Crippen molar-refractivity contribution in [2.24, 2.45) is 10.4 Å². The van der Waals surface area contributed by atoms with Gasteiger partial charge in [-0.2, -0.15) is 0 Å². The van der Waals surface area contributed by atoms with Crippen molar-refractivity contribution in [1.82, 2.24) is 0 Å². The molecule has 4 nitrogen and oxygen atoms in total. The molecule has 2 atom stereocenters.